The van der Waals surface area contributed by atoms with Gasteiger partial charge >= 0.3 is 0 Å². The van der Waals surface area contributed by atoms with Crippen LogP contribution in [0.5, 0.6) is 0 Å². The zero-order valence-corrected chi connectivity index (χ0v) is 10.6. The highest BCUT2D eigenvalue weighted by Gasteiger charge is 2.15. The van der Waals surface area contributed by atoms with Gasteiger partial charge in [0.2, 0.25) is 5.89 Å². The largest absolute Gasteiger partial charge is 0.344 e. The third kappa shape index (κ3) is 3.81. The molecule has 0 aliphatic carbocycles. The van der Waals surface area contributed by atoms with Gasteiger partial charge in [-0.15, -0.1) is 0 Å². The summed E-state index contributed by atoms with van der Waals surface area (Å²) in [4.78, 5) is 6.12. The SMILES string of the molecule is CC(C)C[C@H](CN)Cc1nc(N(C)C)no1. The van der Waals surface area contributed by atoms with E-state index in [-0.39, 0.29) is 0 Å². The molecule has 1 heterocycles. The van der Waals surface area contributed by atoms with Crippen LogP contribution in [0.1, 0.15) is 26.2 Å². The van der Waals surface area contributed by atoms with Gasteiger partial charge in [0.1, 0.15) is 0 Å². The Morgan fingerprint density at radius 2 is 2.06 bits per heavy atom. The molecule has 1 atom stereocenters. The molecule has 0 aliphatic heterocycles. The van der Waals surface area contributed by atoms with Crippen molar-refractivity contribution in [3.05, 3.63) is 5.89 Å². The Bertz CT molecular complexity index is 309. The van der Waals surface area contributed by atoms with Crippen molar-refractivity contribution < 1.29 is 4.52 Å². The molecule has 0 saturated carbocycles. The summed E-state index contributed by atoms with van der Waals surface area (Å²) in [5.41, 5.74) is 5.74. The van der Waals surface area contributed by atoms with Gasteiger partial charge in [-0.2, -0.15) is 4.98 Å². The Balaban J connectivity index is 2.56. The summed E-state index contributed by atoms with van der Waals surface area (Å²) in [5.74, 6) is 2.37. The number of anilines is 1. The predicted octanol–water partition coefficient (Wildman–Crippen LogP) is 1.30. The molecule has 0 aromatic carbocycles. The fourth-order valence-electron chi connectivity index (χ4n) is 1.69. The molecular formula is C11H22N4O. The maximum atomic E-state index is 5.74. The topological polar surface area (TPSA) is 68.2 Å². The van der Waals surface area contributed by atoms with Crippen molar-refractivity contribution in [1.29, 1.82) is 0 Å². The molecule has 5 heteroatoms. The maximum absolute atomic E-state index is 5.74. The first kappa shape index (κ1) is 13.0. The van der Waals surface area contributed by atoms with E-state index in [9.17, 15) is 0 Å². The standard InChI is InChI=1S/C11H22N4O/c1-8(2)5-9(7-12)6-10-13-11(14-16-10)15(3)4/h8-9H,5-7,12H2,1-4H3/t9-/m0/s1. The van der Waals surface area contributed by atoms with Gasteiger partial charge < -0.3 is 15.2 Å². The summed E-state index contributed by atoms with van der Waals surface area (Å²) in [5, 5.41) is 3.88. The summed E-state index contributed by atoms with van der Waals surface area (Å²) in [7, 11) is 3.78. The van der Waals surface area contributed by atoms with Gasteiger partial charge in [0.05, 0.1) is 0 Å². The Labute approximate surface area is 97.0 Å². The van der Waals surface area contributed by atoms with Gasteiger partial charge in [0.15, 0.2) is 0 Å². The molecule has 0 aliphatic rings. The number of nitrogens with zero attached hydrogens (tertiary/aromatic N) is 3. The van der Waals surface area contributed by atoms with E-state index in [1.54, 1.807) is 0 Å². The second kappa shape index (κ2) is 5.84. The maximum Gasteiger partial charge on any atom is 0.265 e. The third-order valence-corrected chi connectivity index (χ3v) is 2.46. The average molecular weight is 226 g/mol. The van der Waals surface area contributed by atoms with Crippen molar-refractivity contribution in [1.82, 2.24) is 10.1 Å². The monoisotopic (exact) mass is 226 g/mol. The Morgan fingerprint density at radius 3 is 2.50 bits per heavy atom. The highest BCUT2D eigenvalue weighted by molar-refractivity contribution is 5.23. The zero-order valence-electron chi connectivity index (χ0n) is 10.6. The van der Waals surface area contributed by atoms with Crippen LogP contribution in [-0.4, -0.2) is 30.8 Å². The van der Waals surface area contributed by atoms with Crippen molar-refractivity contribution in [3.8, 4) is 0 Å². The van der Waals surface area contributed by atoms with Crippen molar-refractivity contribution in [2.24, 2.45) is 17.6 Å². The van der Waals surface area contributed by atoms with Crippen LogP contribution in [0.2, 0.25) is 0 Å². The van der Waals surface area contributed by atoms with Crippen LogP contribution in [0.3, 0.4) is 0 Å². The van der Waals surface area contributed by atoms with E-state index in [2.05, 4.69) is 24.0 Å². The lowest BCUT2D eigenvalue weighted by molar-refractivity contribution is 0.331. The molecule has 1 aromatic rings. The number of rotatable bonds is 6. The van der Waals surface area contributed by atoms with Crippen LogP contribution in [0.4, 0.5) is 5.95 Å². The molecule has 0 unspecified atom stereocenters. The van der Waals surface area contributed by atoms with E-state index >= 15 is 0 Å². The highest BCUT2D eigenvalue weighted by Crippen LogP contribution is 2.16. The van der Waals surface area contributed by atoms with E-state index in [1.165, 1.54) is 0 Å². The molecule has 0 saturated heterocycles. The minimum absolute atomic E-state index is 0.426. The molecule has 16 heavy (non-hydrogen) atoms. The predicted molar refractivity (Wildman–Crippen MR) is 64.3 cm³/mol. The van der Waals surface area contributed by atoms with Gasteiger partial charge in [-0.25, -0.2) is 0 Å². The minimum Gasteiger partial charge on any atom is -0.344 e. The van der Waals surface area contributed by atoms with Crippen molar-refractivity contribution in [3.63, 3.8) is 0 Å². The number of hydrogen-bond donors (Lipinski definition) is 1. The third-order valence-electron chi connectivity index (χ3n) is 2.46. The van der Waals surface area contributed by atoms with E-state index in [1.807, 2.05) is 19.0 Å². The molecule has 0 fully saturated rings. The normalized spacial score (nSPS) is 13.1. The van der Waals surface area contributed by atoms with Crippen LogP contribution < -0.4 is 10.6 Å². The summed E-state index contributed by atoms with van der Waals surface area (Å²) in [6.45, 7) is 5.06. The average Bonchev–Trinajstić information content (AvgIpc) is 2.64. The summed E-state index contributed by atoms with van der Waals surface area (Å²) >= 11 is 0. The van der Waals surface area contributed by atoms with Gasteiger partial charge in [-0.1, -0.05) is 13.8 Å². The van der Waals surface area contributed by atoms with E-state index in [0.717, 1.165) is 12.8 Å². The molecule has 92 valence electrons. The first-order chi connectivity index (χ1) is 7.52. The van der Waals surface area contributed by atoms with Crippen molar-refractivity contribution in [2.75, 3.05) is 25.5 Å². The first-order valence-electron chi connectivity index (χ1n) is 5.73. The van der Waals surface area contributed by atoms with E-state index in [0.29, 0.717) is 30.2 Å². The molecule has 0 radical (unpaired) electrons. The van der Waals surface area contributed by atoms with E-state index < -0.39 is 0 Å². The first-order valence-corrected chi connectivity index (χ1v) is 5.73. The molecule has 5 nitrogen and oxygen atoms in total. The molecule has 1 aromatic heterocycles. The van der Waals surface area contributed by atoms with Gasteiger partial charge in [0.25, 0.3) is 5.95 Å². The lowest BCUT2D eigenvalue weighted by atomic mass is 9.94. The quantitative estimate of drug-likeness (QED) is 0.791. The molecule has 0 amide bonds. The Kier molecular flexibility index (Phi) is 4.73. The van der Waals surface area contributed by atoms with Crippen LogP contribution in [-0.2, 0) is 6.42 Å². The summed E-state index contributed by atoms with van der Waals surface area (Å²) in [6.07, 6.45) is 1.87. The van der Waals surface area contributed by atoms with Gasteiger partial charge in [-0.3, -0.25) is 0 Å². The minimum atomic E-state index is 0.426. The molecule has 2 N–H and O–H groups in total. The summed E-state index contributed by atoms with van der Waals surface area (Å²) in [6, 6.07) is 0. The second-order valence-electron chi connectivity index (χ2n) is 4.82. The molecule has 0 bridgehead atoms. The Hall–Kier alpha value is -1.10. The molecule has 1 rings (SSSR count). The second-order valence-corrected chi connectivity index (χ2v) is 4.82. The lowest BCUT2D eigenvalue weighted by Gasteiger charge is -2.14. The number of aromatic nitrogens is 2. The number of nitrogens with two attached hydrogens (primary N) is 1. The molecular weight excluding hydrogens is 204 g/mol. The zero-order chi connectivity index (χ0) is 12.1. The van der Waals surface area contributed by atoms with Crippen molar-refractivity contribution >= 4 is 5.95 Å². The molecule has 0 spiro atoms. The fourth-order valence-corrected chi connectivity index (χ4v) is 1.69. The van der Waals surface area contributed by atoms with Crippen LogP contribution in [0.15, 0.2) is 4.52 Å². The number of hydrogen-bond acceptors (Lipinski definition) is 5. The fraction of sp³-hybridized carbons (Fsp3) is 0.818. The lowest BCUT2D eigenvalue weighted by Crippen LogP contribution is -2.19. The van der Waals surface area contributed by atoms with E-state index in [4.69, 9.17) is 10.3 Å². The summed E-state index contributed by atoms with van der Waals surface area (Å²) < 4.78 is 5.18. The van der Waals surface area contributed by atoms with Gasteiger partial charge in [-0.05, 0) is 30.0 Å². The van der Waals surface area contributed by atoms with Crippen LogP contribution in [0.25, 0.3) is 0 Å². The van der Waals surface area contributed by atoms with Crippen molar-refractivity contribution in [2.45, 2.75) is 26.7 Å². The van der Waals surface area contributed by atoms with Gasteiger partial charge in [0, 0.05) is 20.5 Å². The highest BCUT2D eigenvalue weighted by atomic mass is 16.5. The smallest absolute Gasteiger partial charge is 0.265 e. The van der Waals surface area contributed by atoms with Crippen LogP contribution >= 0.6 is 0 Å². The Morgan fingerprint density at radius 1 is 1.38 bits per heavy atom. The van der Waals surface area contributed by atoms with Crippen LogP contribution in [0, 0.1) is 11.8 Å².